The zero-order chi connectivity index (χ0) is 13.2. The van der Waals surface area contributed by atoms with Crippen molar-refractivity contribution in [1.82, 2.24) is 0 Å². The number of methoxy groups -OCH3 is 1. The molecule has 0 unspecified atom stereocenters. The summed E-state index contributed by atoms with van der Waals surface area (Å²) < 4.78 is 5.26. The van der Waals surface area contributed by atoms with Crippen molar-refractivity contribution in [3.8, 4) is 5.75 Å². The van der Waals surface area contributed by atoms with Crippen LogP contribution in [-0.2, 0) is 4.79 Å². The molecule has 0 aromatic heterocycles. The Hall–Kier alpha value is -1.71. The molecule has 4 nitrogen and oxygen atoms in total. The third-order valence-corrected chi connectivity index (χ3v) is 3.06. The van der Waals surface area contributed by atoms with Crippen LogP contribution in [0.15, 0.2) is 18.2 Å². The summed E-state index contributed by atoms with van der Waals surface area (Å²) in [7, 11) is 3.33. The van der Waals surface area contributed by atoms with Gasteiger partial charge in [-0.2, -0.15) is 0 Å². The van der Waals surface area contributed by atoms with Crippen LogP contribution in [-0.4, -0.2) is 30.8 Å². The van der Waals surface area contributed by atoms with Gasteiger partial charge in [-0.25, -0.2) is 4.79 Å². The lowest BCUT2D eigenvalue weighted by molar-refractivity contribution is -0.142. The van der Waals surface area contributed by atoms with E-state index < -0.39 is 11.5 Å². The first-order valence-corrected chi connectivity index (χ1v) is 5.42. The topological polar surface area (TPSA) is 49.8 Å². The number of aryl methyl sites for hydroxylation is 1. The summed E-state index contributed by atoms with van der Waals surface area (Å²) in [5.41, 5.74) is 0.856. The van der Waals surface area contributed by atoms with E-state index in [9.17, 15) is 9.90 Å². The van der Waals surface area contributed by atoms with Gasteiger partial charge in [-0.3, -0.25) is 0 Å². The highest BCUT2D eigenvalue weighted by atomic mass is 16.5. The molecule has 0 saturated heterocycles. The van der Waals surface area contributed by atoms with E-state index in [4.69, 9.17) is 4.74 Å². The second-order valence-electron chi connectivity index (χ2n) is 4.60. The van der Waals surface area contributed by atoms with Crippen molar-refractivity contribution in [3.63, 3.8) is 0 Å². The van der Waals surface area contributed by atoms with Crippen molar-refractivity contribution in [3.05, 3.63) is 23.8 Å². The summed E-state index contributed by atoms with van der Waals surface area (Å²) >= 11 is 0. The number of anilines is 1. The van der Waals surface area contributed by atoms with E-state index in [1.807, 2.05) is 25.1 Å². The predicted molar refractivity (Wildman–Crippen MR) is 67.8 cm³/mol. The lowest BCUT2D eigenvalue weighted by Crippen LogP contribution is -2.48. The molecule has 1 aromatic carbocycles. The largest absolute Gasteiger partial charge is 0.495 e. The van der Waals surface area contributed by atoms with E-state index in [0.717, 1.165) is 11.3 Å². The zero-order valence-corrected chi connectivity index (χ0v) is 10.9. The molecule has 0 atom stereocenters. The smallest absolute Gasteiger partial charge is 0.328 e. The Morgan fingerprint density at radius 1 is 1.41 bits per heavy atom. The van der Waals surface area contributed by atoms with Crippen molar-refractivity contribution < 1.29 is 14.6 Å². The number of rotatable bonds is 4. The van der Waals surface area contributed by atoms with E-state index in [2.05, 4.69) is 0 Å². The molecule has 0 bridgehead atoms. The molecule has 17 heavy (non-hydrogen) atoms. The molecule has 0 spiro atoms. The van der Waals surface area contributed by atoms with Gasteiger partial charge in [0, 0.05) is 7.05 Å². The summed E-state index contributed by atoms with van der Waals surface area (Å²) in [6.45, 7) is 5.29. The lowest BCUT2D eigenvalue weighted by Gasteiger charge is -2.34. The third-order valence-electron chi connectivity index (χ3n) is 3.06. The van der Waals surface area contributed by atoms with Gasteiger partial charge in [0.05, 0.1) is 12.8 Å². The minimum absolute atomic E-state index is 0.674. The maximum absolute atomic E-state index is 11.2. The van der Waals surface area contributed by atoms with Crippen LogP contribution in [0.1, 0.15) is 19.4 Å². The van der Waals surface area contributed by atoms with E-state index >= 15 is 0 Å². The summed E-state index contributed by atoms with van der Waals surface area (Å²) in [4.78, 5) is 12.9. The molecule has 0 aliphatic carbocycles. The van der Waals surface area contributed by atoms with Crippen molar-refractivity contribution in [1.29, 1.82) is 0 Å². The highest BCUT2D eigenvalue weighted by Gasteiger charge is 2.33. The fourth-order valence-electron chi connectivity index (χ4n) is 1.51. The van der Waals surface area contributed by atoms with Crippen LogP contribution >= 0.6 is 0 Å². The standard InChI is InChI=1S/C13H19NO3/c1-9-6-7-11(17-5)10(8-9)14(4)13(2,3)12(15)16/h6-8H,1-5H3,(H,15,16). The monoisotopic (exact) mass is 237 g/mol. The van der Waals surface area contributed by atoms with Crippen LogP contribution < -0.4 is 9.64 Å². The van der Waals surface area contributed by atoms with Crippen LogP contribution in [0, 0.1) is 6.92 Å². The van der Waals surface area contributed by atoms with Crippen molar-refractivity contribution >= 4 is 11.7 Å². The number of carboxylic acid groups (broad SMARTS) is 1. The third kappa shape index (κ3) is 2.52. The number of benzene rings is 1. The number of nitrogens with zero attached hydrogens (tertiary/aromatic N) is 1. The first-order valence-electron chi connectivity index (χ1n) is 5.42. The highest BCUT2D eigenvalue weighted by Crippen LogP contribution is 2.32. The Kier molecular flexibility index (Phi) is 3.66. The average molecular weight is 237 g/mol. The quantitative estimate of drug-likeness (QED) is 0.873. The Morgan fingerprint density at radius 3 is 2.47 bits per heavy atom. The normalized spacial score (nSPS) is 11.1. The minimum Gasteiger partial charge on any atom is -0.495 e. The zero-order valence-electron chi connectivity index (χ0n) is 10.9. The molecule has 1 aromatic rings. The summed E-state index contributed by atoms with van der Waals surface area (Å²) in [5, 5.41) is 9.22. The van der Waals surface area contributed by atoms with Gasteiger partial charge < -0.3 is 14.7 Å². The maximum atomic E-state index is 11.2. The molecule has 4 heteroatoms. The van der Waals surface area contributed by atoms with Gasteiger partial charge in [0.15, 0.2) is 0 Å². The van der Waals surface area contributed by atoms with Crippen LogP contribution in [0.2, 0.25) is 0 Å². The van der Waals surface area contributed by atoms with Gasteiger partial charge in [-0.15, -0.1) is 0 Å². The average Bonchev–Trinajstić information content (AvgIpc) is 2.27. The van der Waals surface area contributed by atoms with E-state index in [0.29, 0.717) is 5.75 Å². The molecule has 0 heterocycles. The lowest BCUT2D eigenvalue weighted by atomic mass is 10.0. The van der Waals surface area contributed by atoms with Crippen LogP contribution in [0.4, 0.5) is 5.69 Å². The SMILES string of the molecule is COc1ccc(C)cc1N(C)C(C)(C)C(=O)O. The van der Waals surface area contributed by atoms with E-state index in [-0.39, 0.29) is 0 Å². The maximum Gasteiger partial charge on any atom is 0.328 e. The van der Waals surface area contributed by atoms with Crippen LogP contribution in [0.5, 0.6) is 5.75 Å². The molecular weight excluding hydrogens is 218 g/mol. The summed E-state index contributed by atoms with van der Waals surface area (Å²) in [5.74, 6) is -0.198. The fraction of sp³-hybridized carbons (Fsp3) is 0.462. The molecule has 0 aliphatic rings. The Bertz CT molecular complexity index is 427. The predicted octanol–water partition coefficient (Wildman–Crippen LogP) is 2.30. The van der Waals surface area contributed by atoms with Gasteiger partial charge in [0.2, 0.25) is 0 Å². The number of hydrogen-bond acceptors (Lipinski definition) is 3. The van der Waals surface area contributed by atoms with Crippen molar-refractivity contribution in [2.75, 3.05) is 19.1 Å². The summed E-state index contributed by atoms with van der Waals surface area (Å²) in [6.07, 6.45) is 0. The first kappa shape index (κ1) is 13.4. The number of carboxylic acids is 1. The molecule has 0 radical (unpaired) electrons. The number of ether oxygens (including phenoxy) is 1. The number of likely N-dealkylation sites (N-methyl/N-ethyl adjacent to an activating group) is 1. The molecule has 94 valence electrons. The van der Waals surface area contributed by atoms with Crippen molar-refractivity contribution in [2.24, 2.45) is 0 Å². The van der Waals surface area contributed by atoms with Crippen LogP contribution in [0.25, 0.3) is 0 Å². The first-order chi connectivity index (χ1) is 7.80. The molecular formula is C13H19NO3. The van der Waals surface area contributed by atoms with Crippen molar-refractivity contribution in [2.45, 2.75) is 26.3 Å². The minimum atomic E-state index is -0.985. The molecule has 0 aliphatic heterocycles. The number of hydrogen-bond donors (Lipinski definition) is 1. The Labute approximate surface area is 102 Å². The Balaban J connectivity index is 3.23. The van der Waals surface area contributed by atoms with E-state index in [1.165, 1.54) is 0 Å². The Morgan fingerprint density at radius 2 is 2.00 bits per heavy atom. The summed E-state index contributed by atoms with van der Waals surface area (Å²) in [6, 6.07) is 5.70. The number of carbonyl (C=O) groups is 1. The second kappa shape index (κ2) is 4.65. The fourth-order valence-corrected chi connectivity index (χ4v) is 1.51. The highest BCUT2D eigenvalue weighted by molar-refractivity contribution is 5.83. The molecule has 1 rings (SSSR count). The van der Waals surface area contributed by atoms with Gasteiger partial charge in [0.1, 0.15) is 11.3 Å². The number of aliphatic carboxylic acids is 1. The molecule has 0 amide bonds. The van der Waals surface area contributed by atoms with Crippen LogP contribution in [0.3, 0.4) is 0 Å². The molecule has 1 N–H and O–H groups in total. The second-order valence-corrected chi connectivity index (χ2v) is 4.60. The van der Waals surface area contributed by atoms with Gasteiger partial charge in [0.25, 0.3) is 0 Å². The van der Waals surface area contributed by atoms with Gasteiger partial charge in [-0.1, -0.05) is 6.07 Å². The van der Waals surface area contributed by atoms with Gasteiger partial charge >= 0.3 is 5.97 Å². The molecule has 0 saturated carbocycles. The van der Waals surface area contributed by atoms with Gasteiger partial charge in [-0.05, 0) is 38.5 Å². The van der Waals surface area contributed by atoms with E-state index in [1.54, 1.807) is 32.9 Å². The molecule has 0 fully saturated rings.